The van der Waals surface area contributed by atoms with E-state index >= 15 is 0 Å². The zero-order chi connectivity index (χ0) is 38.6. The summed E-state index contributed by atoms with van der Waals surface area (Å²) >= 11 is 0. The Morgan fingerprint density at radius 1 is 0.412 bits per heavy atom. The fourth-order valence-electron chi connectivity index (χ4n) is 6.04. The second-order valence-electron chi connectivity index (χ2n) is 14.6. The van der Waals surface area contributed by atoms with Crippen LogP contribution in [0, 0.1) is 5.92 Å². The summed E-state index contributed by atoms with van der Waals surface area (Å²) in [5.74, 6) is -2.04. The molecule has 0 aromatic rings. The molecule has 0 aliphatic carbocycles. The van der Waals surface area contributed by atoms with Crippen LogP contribution in [0.5, 0.6) is 0 Å². The maximum absolute atomic E-state index is 11.1. The highest BCUT2D eigenvalue weighted by atomic mass is 16.4. The molecule has 0 saturated carbocycles. The van der Waals surface area contributed by atoms with Crippen LogP contribution >= 0.6 is 0 Å². The van der Waals surface area contributed by atoms with E-state index < -0.39 is 30.1 Å². The molecule has 0 aromatic carbocycles. The van der Waals surface area contributed by atoms with Gasteiger partial charge in [-0.3, -0.25) is 9.59 Å². The number of carboxylic acid groups (broad SMARTS) is 2. The molecule has 51 heavy (non-hydrogen) atoms. The summed E-state index contributed by atoms with van der Waals surface area (Å²) in [6.45, 7) is 3.44. The van der Waals surface area contributed by atoms with Crippen LogP contribution in [0.25, 0.3) is 0 Å². The number of unbranched alkanes of at least 4 members (excludes halogenated alkanes) is 27. The van der Waals surface area contributed by atoms with E-state index in [1.165, 1.54) is 161 Å². The van der Waals surface area contributed by atoms with E-state index in [2.05, 4.69) is 13.8 Å². The van der Waals surface area contributed by atoms with Gasteiger partial charge in [-0.05, 0) is 19.3 Å². The van der Waals surface area contributed by atoms with E-state index in [9.17, 15) is 14.7 Å². The van der Waals surface area contributed by atoms with Gasteiger partial charge in [0.2, 0.25) is 0 Å². The summed E-state index contributed by atoms with van der Waals surface area (Å²) in [4.78, 5) is 21.5. The van der Waals surface area contributed by atoms with Crippen LogP contribution in [0.4, 0.5) is 0 Å². The van der Waals surface area contributed by atoms with Crippen molar-refractivity contribution in [2.75, 3.05) is 19.8 Å². The lowest BCUT2D eigenvalue weighted by Gasteiger charge is -2.15. The Balaban J connectivity index is -0.000000791. The van der Waals surface area contributed by atoms with Crippen LogP contribution in [0.3, 0.4) is 0 Å². The predicted molar refractivity (Wildman–Crippen MR) is 211 cm³/mol. The Morgan fingerprint density at radius 3 is 0.922 bits per heavy atom. The largest absolute Gasteiger partial charge is 0.481 e. The first-order chi connectivity index (χ1) is 24.7. The molecule has 2 unspecified atom stereocenters. The first-order valence-corrected chi connectivity index (χ1v) is 21.3. The highest BCUT2D eigenvalue weighted by Crippen LogP contribution is 2.18. The number of carbonyl (C=O) groups is 2. The van der Waals surface area contributed by atoms with Crippen LogP contribution in [-0.2, 0) is 9.59 Å². The third kappa shape index (κ3) is 50.9. The molecule has 0 aliphatic rings. The van der Waals surface area contributed by atoms with Gasteiger partial charge in [0.15, 0.2) is 0 Å². The standard InChI is InChI=1S/C21H42O4.C18H36O2.C3H8O3/c1-2-3-4-5-6-7-8-9-10-11-12-13-14-15-16-19(21(24)25)17-20(23)18-22;1-2-3-4-5-6-7-8-9-10-11-12-13-14-15-16-17-18(19)20;4-1-3(6)2-5/h19-20,22-23H,2-18H2,1H3,(H,24,25);2-17H2,1H3,(H,19,20);3-6H,1-2H2. The van der Waals surface area contributed by atoms with E-state index in [1.54, 1.807) is 0 Å². The van der Waals surface area contributed by atoms with E-state index in [0.29, 0.717) is 12.8 Å². The molecule has 7 N–H and O–H groups in total. The topological polar surface area (TPSA) is 176 Å². The SMILES string of the molecule is CCCCCCCCCCCCCCCCC(CC(O)CO)C(=O)O.CCCCCCCCCCCCCCCCCC(=O)O.OCC(O)CO. The number of hydrogen-bond acceptors (Lipinski definition) is 7. The monoisotopic (exact) mass is 735 g/mol. The van der Waals surface area contributed by atoms with E-state index in [1.807, 2.05) is 0 Å². The maximum Gasteiger partial charge on any atom is 0.306 e. The number of aliphatic carboxylic acids is 2. The highest BCUT2D eigenvalue weighted by molar-refractivity contribution is 5.69. The smallest absolute Gasteiger partial charge is 0.306 e. The van der Waals surface area contributed by atoms with Crippen molar-refractivity contribution in [3.63, 3.8) is 0 Å². The number of aliphatic hydroxyl groups is 5. The quantitative estimate of drug-likeness (QED) is 0.0306. The lowest BCUT2D eigenvalue weighted by molar-refractivity contribution is -0.143. The molecule has 0 amide bonds. The molecule has 9 nitrogen and oxygen atoms in total. The second kappa shape index (κ2) is 46.8. The van der Waals surface area contributed by atoms with Crippen molar-refractivity contribution in [3.05, 3.63) is 0 Å². The second-order valence-corrected chi connectivity index (χ2v) is 14.6. The van der Waals surface area contributed by atoms with Crippen LogP contribution < -0.4 is 0 Å². The molecule has 0 spiro atoms. The number of aliphatic hydroxyl groups excluding tert-OH is 5. The van der Waals surface area contributed by atoms with Gasteiger partial charge in [0.05, 0.1) is 31.8 Å². The van der Waals surface area contributed by atoms with Crippen molar-refractivity contribution in [2.45, 2.75) is 232 Å². The van der Waals surface area contributed by atoms with Gasteiger partial charge >= 0.3 is 11.9 Å². The average molecular weight is 735 g/mol. The number of hydrogen-bond donors (Lipinski definition) is 7. The molecule has 0 saturated heterocycles. The minimum Gasteiger partial charge on any atom is -0.481 e. The fraction of sp³-hybridized carbons (Fsp3) is 0.952. The lowest BCUT2D eigenvalue weighted by Crippen LogP contribution is -2.23. The summed E-state index contributed by atoms with van der Waals surface area (Å²) in [5.41, 5.74) is 0. The Hall–Kier alpha value is -1.26. The molecular weight excluding hydrogens is 648 g/mol. The Bertz CT molecular complexity index is 673. The molecular formula is C42H86O9. The fourth-order valence-corrected chi connectivity index (χ4v) is 6.04. The molecule has 0 aliphatic heterocycles. The van der Waals surface area contributed by atoms with Gasteiger partial charge in [-0.15, -0.1) is 0 Å². The van der Waals surface area contributed by atoms with Crippen molar-refractivity contribution in [2.24, 2.45) is 5.92 Å². The van der Waals surface area contributed by atoms with Crippen molar-refractivity contribution < 1.29 is 45.3 Å². The first-order valence-electron chi connectivity index (χ1n) is 21.3. The van der Waals surface area contributed by atoms with E-state index in [-0.39, 0.29) is 26.2 Å². The molecule has 9 heteroatoms. The summed E-state index contributed by atoms with van der Waals surface area (Å²) in [7, 11) is 0. The van der Waals surface area contributed by atoms with Gasteiger partial charge in [0.1, 0.15) is 6.10 Å². The third-order valence-electron chi connectivity index (χ3n) is 9.44. The van der Waals surface area contributed by atoms with Gasteiger partial charge in [-0.25, -0.2) is 0 Å². The van der Waals surface area contributed by atoms with Gasteiger partial charge in [0.25, 0.3) is 0 Å². The third-order valence-corrected chi connectivity index (χ3v) is 9.44. The molecule has 308 valence electrons. The molecule has 0 bridgehead atoms. The van der Waals surface area contributed by atoms with Crippen LogP contribution in [0.2, 0.25) is 0 Å². The van der Waals surface area contributed by atoms with Crippen molar-refractivity contribution in [3.8, 4) is 0 Å². The van der Waals surface area contributed by atoms with Crippen molar-refractivity contribution in [1.82, 2.24) is 0 Å². The van der Waals surface area contributed by atoms with Gasteiger partial charge in [0, 0.05) is 6.42 Å². The summed E-state index contributed by atoms with van der Waals surface area (Å²) in [6.07, 6.45) is 37.1. The zero-order valence-electron chi connectivity index (χ0n) is 33.4. The van der Waals surface area contributed by atoms with Gasteiger partial charge in [-0.2, -0.15) is 0 Å². The Labute approximate surface area is 314 Å². The number of rotatable bonds is 37. The van der Waals surface area contributed by atoms with E-state index in [4.69, 9.17) is 30.6 Å². The Kier molecular flexibility index (Phi) is 49.6. The number of carboxylic acids is 2. The summed E-state index contributed by atoms with van der Waals surface area (Å²) in [6, 6.07) is 0. The molecule has 0 radical (unpaired) electrons. The van der Waals surface area contributed by atoms with E-state index in [0.717, 1.165) is 25.7 Å². The lowest BCUT2D eigenvalue weighted by atomic mass is 9.94. The van der Waals surface area contributed by atoms with Crippen LogP contribution in [-0.4, -0.2) is 79.7 Å². The predicted octanol–water partition coefficient (Wildman–Crippen LogP) is 9.97. The van der Waals surface area contributed by atoms with Crippen molar-refractivity contribution in [1.29, 1.82) is 0 Å². The van der Waals surface area contributed by atoms with Crippen molar-refractivity contribution >= 4 is 11.9 Å². The Morgan fingerprint density at radius 2 is 0.686 bits per heavy atom. The normalized spacial score (nSPS) is 12.2. The molecule has 0 heterocycles. The minimum atomic E-state index is -0.954. The van der Waals surface area contributed by atoms with Gasteiger partial charge in [-0.1, -0.05) is 194 Å². The summed E-state index contributed by atoms with van der Waals surface area (Å²) in [5, 5.41) is 59.9. The first kappa shape index (κ1) is 54.1. The summed E-state index contributed by atoms with van der Waals surface area (Å²) < 4.78 is 0. The van der Waals surface area contributed by atoms with Crippen LogP contribution in [0.1, 0.15) is 219 Å². The van der Waals surface area contributed by atoms with Crippen LogP contribution in [0.15, 0.2) is 0 Å². The minimum absolute atomic E-state index is 0.157. The average Bonchev–Trinajstić information content (AvgIpc) is 3.12. The van der Waals surface area contributed by atoms with Gasteiger partial charge < -0.3 is 35.7 Å². The molecule has 2 atom stereocenters. The molecule has 0 rings (SSSR count). The molecule has 0 aromatic heterocycles. The zero-order valence-corrected chi connectivity index (χ0v) is 33.4. The molecule has 0 fully saturated rings. The maximum atomic E-state index is 11.1. The highest BCUT2D eigenvalue weighted by Gasteiger charge is 2.20.